The molecule has 0 aliphatic carbocycles. The number of ether oxygens (including phenoxy) is 2. The van der Waals surface area contributed by atoms with Crippen LogP contribution in [0.15, 0.2) is 47.6 Å². The number of hydrogen-bond donors (Lipinski definition) is 1. The molecule has 1 aromatic carbocycles. The molecule has 2 aromatic rings. The van der Waals surface area contributed by atoms with Crippen LogP contribution < -0.4 is 19.7 Å². The number of piperazine rings is 1. The molecule has 168 valence electrons. The molecule has 1 unspecified atom stereocenters. The van der Waals surface area contributed by atoms with Crippen molar-refractivity contribution in [2.75, 3.05) is 73.0 Å². The first kappa shape index (κ1) is 22.7. The lowest BCUT2D eigenvalue weighted by Crippen LogP contribution is -2.53. The van der Waals surface area contributed by atoms with Crippen LogP contribution in [0.4, 0.5) is 5.82 Å². The lowest BCUT2D eigenvalue weighted by atomic mass is 10.1. The van der Waals surface area contributed by atoms with Gasteiger partial charge in [0.15, 0.2) is 17.5 Å². The maximum absolute atomic E-state index is 5.49. The zero-order chi connectivity index (χ0) is 22.2. The molecule has 1 atom stereocenters. The number of pyridine rings is 1. The van der Waals surface area contributed by atoms with Gasteiger partial charge in [-0.05, 0) is 43.9 Å². The van der Waals surface area contributed by atoms with Crippen molar-refractivity contribution in [2.45, 2.75) is 6.04 Å². The largest absolute Gasteiger partial charge is 0.493 e. The third-order valence-electron chi connectivity index (χ3n) is 5.63. The van der Waals surface area contributed by atoms with Crippen LogP contribution in [0.25, 0.3) is 0 Å². The summed E-state index contributed by atoms with van der Waals surface area (Å²) in [6.07, 6.45) is 1.84. The Labute approximate surface area is 185 Å². The molecular formula is C23H34N6O2. The fourth-order valence-electron chi connectivity index (χ4n) is 3.87. The summed E-state index contributed by atoms with van der Waals surface area (Å²) >= 11 is 0. The highest BCUT2D eigenvalue weighted by Gasteiger charge is 2.22. The highest BCUT2D eigenvalue weighted by atomic mass is 16.5. The maximum atomic E-state index is 5.49. The number of guanidine groups is 1. The van der Waals surface area contributed by atoms with Crippen molar-refractivity contribution in [1.82, 2.24) is 20.1 Å². The van der Waals surface area contributed by atoms with E-state index in [9.17, 15) is 0 Å². The summed E-state index contributed by atoms with van der Waals surface area (Å²) in [6.45, 7) is 4.38. The van der Waals surface area contributed by atoms with Gasteiger partial charge in [0, 0.05) is 46.0 Å². The van der Waals surface area contributed by atoms with Gasteiger partial charge in [-0.2, -0.15) is 0 Å². The summed E-state index contributed by atoms with van der Waals surface area (Å²) in [4.78, 5) is 15.8. The average molecular weight is 427 g/mol. The van der Waals surface area contributed by atoms with Crippen LogP contribution >= 0.6 is 0 Å². The van der Waals surface area contributed by atoms with Gasteiger partial charge in [-0.1, -0.05) is 12.1 Å². The molecule has 0 radical (unpaired) electrons. The number of benzene rings is 1. The van der Waals surface area contributed by atoms with E-state index in [4.69, 9.17) is 9.47 Å². The standard InChI is InChI=1S/C23H34N6O2/c1-24-23(29-14-12-28(13-15-29)22-8-6-7-11-25-22)26-17-19(27(2)3)18-9-10-20(30-4)21(16-18)31-5/h6-11,16,19H,12-15,17H2,1-5H3,(H,24,26). The van der Waals surface area contributed by atoms with Gasteiger partial charge in [-0.25, -0.2) is 4.98 Å². The fraction of sp³-hybridized carbons (Fsp3) is 0.478. The zero-order valence-electron chi connectivity index (χ0n) is 19.2. The molecule has 0 saturated carbocycles. The summed E-state index contributed by atoms with van der Waals surface area (Å²) in [6, 6.07) is 12.3. The van der Waals surface area contributed by atoms with Crippen LogP contribution in [0, 0.1) is 0 Å². The van der Waals surface area contributed by atoms with Gasteiger partial charge in [-0.15, -0.1) is 0 Å². The third kappa shape index (κ3) is 5.58. The molecule has 3 rings (SSSR count). The van der Waals surface area contributed by atoms with E-state index in [0.29, 0.717) is 0 Å². The van der Waals surface area contributed by atoms with Crippen LogP contribution in [-0.4, -0.2) is 88.8 Å². The molecule has 1 fully saturated rings. The minimum absolute atomic E-state index is 0.159. The highest BCUT2D eigenvalue weighted by Crippen LogP contribution is 2.31. The maximum Gasteiger partial charge on any atom is 0.193 e. The second-order valence-corrected chi connectivity index (χ2v) is 7.68. The predicted molar refractivity (Wildman–Crippen MR) is 125 cm³/mol. The highest BCUT2D eigenvalue weighted by molar-refractivity contribution is 5.80. The summed E-state index contributed by atoms with van der Waals surface area (Å²) in [5.74, 6) is 3.43. The van der Waals surface area contributed by atoms with E-state index in [-0.39, 0.29) is 6.04 Å². The number of nitrogens with one attached hydrogen (secondary N) is 1. The van der Waals surface area contributed by atoms with E-state index in [1.807, 2.05) is 37.5 Å². The number of anilines is 1. The molecule has 0 spiro atoms. The van der Waals surface area contributed by atoms with Gasteiger partial charge in [-0.3, -0.25) is 4.99 Å². The topological polar surface area (TPSA) is 65.5 Å². The van der Waals surface area contributed by atoms with E-state index in [2.05, 4.69) is 56.2 Å². The second-order valence-electron chi connectivity index (χ2n) is 7.68. The van der Waals surface area contributed by atoms with Crippen LogP contribution in [0.3, 0.4) is 0 Å². The summed E-state index contributed by atoms with van der Waals surface area (Å²) in [7, 11) is 9.32. The Hall–Kier alpha value is -3.00. The van der Waals surface area contributed by atoms with Crippen LogP contribution in [0.2, 0.25) is 0 Å². The molecule has 1 aromatic heterocycles. The molecule has 0 amide bonds. The first-order valence-electron chi connectivity index (χ1n) is 10.6. The van der Waals surface area contributed by atoms with E-state index in [0.717, 1.165) is 61.6 Å². The fourth-order valence-corrected chi connectivity index (χ4v) is 3.87. The molecule has 1 aliphatic rings. The van der Waals surface area contributed by atoms with Crippen molar-refractivity contribution >= 4 is 11.8 Å². The summed E-state index contributed by atoms with van der Waals surface area (Å²) < 4.78 is 10.9. The molecule has 2 heterocycles. The Morgan fingerprint density at radius 1 is 1.10 bits per heavy atom. The Bertz CT molecular complexity index is 850. The quantitative estimate of drug-likeness (QED) is 0.537. The van der Waals surface area contributed by atoms with Crippen molar-refractivity contribution < 1.29 is 9.47 Å². The van der Waals surface area contributed by atoms with Crippen molar-refractivity contribution in [1.29, 1.82) is 0 Å². The van der Waals surface area contributed by atoms with Gasteiger partial charge in [0.25, 0.3) is 0 Å². The first-order valence-corrected chi connectivity index (χ1v) is 10.6. The number of rotatable bonds is 7. The Kier molecular flexibility index (Phi) is 7.94. The van der Waals surface area contributed by atoms with Crippen molar-refractivity contribution in [3.63, 3.8) is 0 Å². The Morgan fingerprint density at radius 3 is 2.42 bits per heavy atom. The van der Waals surface area contributed by atoms with E-state index >= 15 is 0 Å². The van der Waals surface area contributed by atoms with Gasteiger partial charge < -0.3 is 29.5 Å². The average Bonchev–Trinajstić information content (AvgIpc) is 2.82. The van der Waals surface area contributed by atoms with Crippen LogP contribution in [0.1, 0.15) is 11.6 Å². The second kappa shape index (κ2) is 10.9. The normalized spacial score (nSPS) is 15.7. The zero-order valence-corrected chi connectivity index (χ0v) is 19.2. The van der Waals surface area contributed by atoms with Crippen molar-refractivity contribution in [2.24, 2.45) is 4.99 Å². The molecule has 0 bridgehead atoms. The number of hydrogen-bond acceptors (Lipinski definition) is 6. The minimum Gasteiger partial charge on any atom is -0.493 e. The van der Waals surface area contributed by atoms with Gasteiger partial charge >= 0.3 is 0 Å². The lowest BCUT2D eigenvalue weighted by Gasteiger charge is -2.37. The molecular weight excluding hydrogens is 392 g/mol. The van der Waals surface area contributed by atoms with Crippen molar-refractivity contribution in [3.8, 4) is 11.5 Å². The number of aromatic nitrogens is 1. The smallest absolute Gasteiger partial charge is 0.193 e. The van der Waals surface area contributed by atoms with Crippen LogP contribution in [-0.2, 0) is 0 Å². The molecule has 8 heteroatoms. The molecule has 1 N–H and O–H groups in total. The molecule has 1 aliphatic heterocycles. The van der Waals surface area contributed by atoms with Gasteiger partial charge in [0.2, 0.25) is 0 Å². The van der Waals surface area contributed by atoms with E-state index < -0.39 is 0 Å². The van der Waals surface area contributed by atoms with E-state index in [1.54, 1.807) is 14.2 Å². The SMILES string of the molecule is CN=C(NCC(c1ccc(OC)c(OC)c1)N(C)C)N1CCN(c2ccccn2)CC1. The third-order valence-corrected chi connectivity index (χ3v) is 5.63. The van der Waals surface area contributed by atoms with Crippen LogP contribution in [0.5, 0.6) is 11.5 Å². The van der Waals surface area contributed by atoms with Gasteiger partial charge in [0.1, 0.15) is 5.82 Å². The number of aliphatic imine (C=N–C) groups is 1. The predicted octanol–water partition coefficient (Wildman–Crippen LogP) is 2.10. The number of nitrogens with zero attached hydrogens (tertiary/aromatic N) is 5. The first-order chi connectivity index (χ1) is 15.1. The number of methoxy groups -OCH3 is 2. The monoisotopic (exact) mass is 426 g/mol. The molecule has 1 saturated heterocycles. The van der Waals surface area contributed by atoms with E-state index in [1.165, 1.54) is 0 Å². The molecule has 31 heavy (non-hydrogen) atoms. The Morgan fingerprint density at radius 2 is 1.84 bits per heavy atom. The Balaban J connectivity index is 1.62. The summed E-state index contributed by atoms with van der Waals surface area (Å²) in [5.41, 5.74) is 1.16. The molecule has 8 nitrogen and oxygen atoms in total. The van der Waals surface area contributed by atoms with Crippen molar-refractivity contribution in [3.05, 3.63) is 48.2 Å². The minimum atomic E-state index is 0.159. The van der Waals surface area contributed by atoms with Gasteiger partial charge in [0.05, 0.1) is 20.3 Å². The number of likely N-dealkylation sites (N-methyl/N-ethyl adjacent to an activating group) is 1. The summed E-state index contributed by atoms with van der Waals surface area (Å²) in [5, 5.41) is 3.57. The lowest BCUT2D eigenvalue weighted by molar-refractivity contribution is 0.290.